The minimum absolute atomic E-state index is 0.0292. The maximum atomic E-state index is 13.3. The minimum Gasteiger partial charge on any atom is -0.317 e. The number of halogens is 2. The lowest BCUT2D eigenvalue weighted by atomic mass is 10.1. The molecule has 1 aromatic heterocycles. The predicted molar refractivity (Wildman–Crippen MR) is 121 cm³/mol. The molecular weight excluding hydrogens is 469 g/mol. The van der Waals surface area contributed by atoms with Crippen molar-refractivity contribution in [3.63, 3.8) is 0 Å². The van der Waals surface area contributed by atoms with Gasteiger partial charge in [0.25, 0.3) is 11.8 Å². The van der Waals surface area contributed by atoms with Gasteiger partial charge in [0.15, 0.2) is 5.11 Å². The van der Waals surface area contributed by atoms with Gasteiger partial charge in [-0.05, 0) is 85.4 Å². The Balaban J connectivity index is 1.76. The Morgan fingerprint density at radius 1 is 1.10 bits per heavy atom. The summed E-state index contributed by atoms with van der Waals surface area (Å²) in [5, 5.41) is 2.62. The van der Waals surface area contributed by atoms with Crippen molar-refractivity contribution in [3.8, 4) is 5.69 Å². The number of anilines is 1. The molecule has 1 aliphatic heterocycles. The van der Waals surface area contributed by atoms with E-state index in [-0.39, 0.29) is 16.5 Å². The van der Waals surface area contributed by atoms with E-state index in [1.807, 2.05) is 13.0 Å². The molecule has 8 heteroatoms. The number of carbonyl (C=O) groups excluding carboxylic acids is 2. The van der Waals surface area contributed by atoms with Crippen LogP contribution >= 0.6 is 28.1 Å². The van der Waals surface area contributed by atoms with Crippen LogP contribution in [0.4, 0.5) is 10.1 Å². The van der Waals surface area contributed by atoms with Gasteiger partial charge in [-0.15, -0.1) is 0 Å². The highest BCUT2D eigenvalue weighted by molar-refractivity contribution is 9.10. The SMILES string of the molecule is Cc1cc(Br)ccc1N1C(=O)C(=Cc2cccn2-c2ccc(F)cc2)C(=O)NC1=S. The molecule has 0 saturated carbocycles. The summed E-state index contributed by atoms with van der Waals surface area (Å²) in [6.45, 7) is 1.86. The van der Waals surface area contributed by atoms with Crippen molar-refractivity contribution in [3.05, 3.63) is 87.9 Å². The summed E-state index contributed by atoms with van der Waals surface area (Å²) in [6, 6.07) is 14.9. The van der Waals surface area contributed by atoms with Gasteiger partial charge in [0, 0.05) is 22.1 Å². The lowest BCUT2D eigenvalue weighted by molar-refractivity contribution is -0.122. The van der Waals surface area contributed by atoms with E-state index >= 15 is 0 Å². The molecule has 1 aliphatic rings. The fourth-order valence-electron chi connectivity index (χ4n) is 3.24. The van der Waals surface area contributed by atoms with Gasteiger partial charge in [-0.2, -0.15) is 0 Å². The normalized spacial score (nSPS) is 15.6. The highest BCUT2D eigenvalue weighted by Gasteiger charge is 2.35. The number of thiocarbonyl (C=S) groups is 1. The molecule has 0 unspecified atom stereocenters. The topological polar surface area (TPSA) is 54.3 Å². The average Bonchev–Trinajstić information content (AvgIpc) is 3.15. The maximum absolute atomic E-state index is 13.3. The molecule has 0 atom stereocenters. The number of nitrogens with one attached hydrogen (secondary N) is 1. The van der Waals surface area contributed by atoms with Crippen molar-refractivity contribution >= 4 is 56.8 Å². The fraction of sp³-hybridized carbons (Fsp3) is 0.0455. The Hall–Kier alpha value is -3.10. The largest absolute Gasteiger partial charge is 0.317 e. The van der Waals surface area contributed by atoms with Crippen molar-refractivity contribution < 1.29 is 14.0 Å². The molecule has 0 spiro atoms. The number of amides is 2. The molecule has 5 nitrogen and oxygen atoms in total. The summed E-state index contributed by atoms with van der Waals surface area (Å²) >= 11 is 8.67. The molecule has 1 saturated heterocycles. The third kappa shape index (κ3) is 3.71. The van der Waals surface area contributed by atoms with Crippen LogP contribution in [0.1, 0.15) is 11.3 Å². The Morgan fingerprint density at radius 3 is 2.53 bits per heavy atom. The van der Waals surface area contributed by atoms with Gasteiger partial charge >= 0.3 is 0 Å². The number of hydrogen-bond acceptors (Lipinski definition) is 3. The van der Waals surface area contributed by atoms with E-state index in [0.29, 0.717) is 17.1 Å². The van der Waals surface area contributed by atoms with Crippen LogP contribution in [0.25, 0.3) is 11.8 Å². The lowest BCUT2D eigenvalue weighted by Gasteiger charge is -2.30. The number of benzene rings is 2. The first-order valence-electron chi connectivity index (χ1n) is 8.96. The first kappa shape index (κ1) is 20.2. The van der Waals surface area contributed by atoms with Crippen LogP contribution in [0.5, 0.6) is 0 Å². The van der Waals surface area contributed by atoms with Crippen LogP contribution in [-0.4, -0.2) is 21.5 Å². The lowest BCUT2D eigenvalue weighted by Crippen LogP contribution is -2.54. The first-order valence-corrected chi connectivity index (χ1v) is 10.2. The van der Waals surface area contributed by atoms with E-state index in [2.05, 4.69) is 21.2 Å². The minimum atomic E-state index is -0.567. The summed E-state index contributed by atoms with van der Waals surface area (Å²) in [4.78, 5) is 27.1. The first-order chi connectivity index (χ1) is 14.3. The van der Waals surface area contributed by atoms with E-state index < -0.39 is 11.8 Å². The van der Waals surface area contributed by atoms with Crippen LogP contribution in [0.3, 0.4) is 0 Å². The summed E-state index contributed by atoms with van der Waals surface area (Å²) < 4.78 is 15.9. The molecule has 1 N–H and O–H groups in total. The highest BCUT2D eigenvalue weighted by atomic mass is 79.9. The van der Waals surface area contributed by atoms with Gasteiger partial charge in [-0.1, -0.05) is 15.9 Å². The number of rotatable bonds is 3. The number of carbonyl (C=O) groups is 2. The standard InChI is InChI=1S/C22H15BrFN3O2S/c1-13-11-14(23)4-9-19(13)27-21(29)18(20(28)25-22(27)30)12-17-3-2-10-26(17)16-7-5-15(24)6-8-16/h2-12H,1H3,(H,25,28,30). The van der Waals surface area contributed by atoms with Crippen molar-refractivity contribution in [1.29, 1.82) is 0 Å². The van der Waals surface area contributed by atoms with E-state index in [0.717, 1.165) is 10.0 Å². The third-order valence-corrected chi connectivity index (χ3v) is 5.46. The van der Waals surface area contributed by atoms with Gasteiger partial charge in [0.2, 0.25) is 0 Å². The number of aryl methyl sites for hydroxylation is 1. The summed E-state index contributed by atoms with van der Waals surface area (Å²) in [7, 11) is 0. The molecule has 150 valence electrons. The van der Waals surface area contributed by atoms with Gasteiger partial charge in [-0.3, -0.25) is 19.8 Å². The van der Waals surface area contributed by atoms with Gasteiger partial charge in [0.1, 0.15) is 11.4 Å². The molecule has 30 heavy (non-hydrogen) atoms. The number of hydrogen-bond donors (Lipinski definition) is 1. The Bertz CT molecular complexity index is 1220. The molecule has 0 radical (unpaired) electrons. The Labute approximate surface area is 185 Å². The summed E-state index contributed by atoms with van der Waals surface area (Å²) in [5.41, 5.74) is 2.67. The zero-order chi connectivity index (χ0) is 21.4. The van der Waals surface area contributed by atoms with Crippen molar-refractivity contribution in [2.75, 3.05) is 4.90 Å². The zero-order valence-corrected chi connectivity index (χ0v) is 18.1. The molecule has 0 aliphatic carbocycles. The Kier molecular flexibility index (Phi) is 5.36. The van der Waals surface area contributed by atoms with Crippen LogP contribution in [0.2, 0.25) is 0 Å². The van der Waals surface area contributed by atoms with E-state index in [9.17, 15) is 14.0 Å². The average molecular weight is 484 g/mol. The van der Waals surface area contributed by atoms with E-state index in [1.54, 1.807) is 47.2 Å². The molecule has 1 fully saturated rings. The van der Waals surface area contributed by atoms with Gasteiger partial charge < -0.3 is 4.57 Å². The molecule has 2 aromatic carbocycles. The second kappa shape index (κ2) is 7.97. The van der Waals surface area contributed by atoms with E-state index in [1.165, 1.54) is 23.1 Å². The predicted octanol–water partition coefficient (Wildman–Crippen LogP) is 4.52. The quantitative estimate of drug-likeness (QED) is 0.338. The van der Waals surface area contributed by atoms with Crippen molar-refractivity contribution in [2.45, 2.75) is 6.92 Å². The van der Waals surface area contributed by atoms with Crippen LogP contribution in [0, 0.1) is 12.7 Å². The molecule has 4 rings (SSSR count). The van der Waals surface area contributed by atoms with Crippen LogP contribution in [-0.2, 0) is 9.59 Å². The van der Waals surface area contributed by atoms with Crippen molar-refractivity contribution in [2.24, 2.45) is 0 Å². The summed E-state index contributed by atoms with van der Waals surface area (Å²) in [5.74, 6) is -1.43. The van der Waals surface area contributed by atoms with Crippen molar-refractivity contribution in [1.82, 2.24) is 9.88 Å². The molecule has 2 heterocycles. The second-order valence-electron chi connectivity index (χ2n) is 6.67. The molecule has 0 bridgehead atoms. The number of nitrogens with zero attached hydrogens (tertiary/aromatic N) is 2. The van der Waals surface area contributed by atoms with Crippen LogP contribution < -0.4 is 10.2 Å². The van der Waals surface area contributed by atoms with Gasteiger partial charge in [-0.25, -0.2) is 4.39 Å². The summed E-state index contributed by atoms with van der Waals surface area (Å²) in [6.07, 6.45) is 3.27. The number of aromatic nitrogens is 1. The molecule has 3 aromatic rings. The highest BCUT2D eigenvalue weighted by Crippen LogP contribution is 2.28. The Morgan fingerprint density at radius 2 is 1.83 bits per heavy atom. The van der Waals surface area contributed by atoms with Gasteiger partial charge in [0.05, 0.1) is 5.69 Å². The molecular formula is C22H15BrFN3O2S. The fourth-order valence-corrected chi connectivity index (χ4v) is 3.99. The maximum Gasteiger partial charge on any atom is 0.270 e. The van der Waals surface area contributed by atoms with Crippen LogP contribution in [0.15, 0.2) is 70.8 Å². The second-order valence-corrected chi connectivity index (χ2v) is 7.97. The smallest absolute Gasteiger partial charge is 0.270 e. The third-order valence-electron chi connectivity index (χ3n) is 4.68. The zero-order valence-electron chi connectivity index (χ0n) is 15.7. The molecule has 2 amide bonds. The monoisotopic (exact) mass is 483 g/mol. The van der Waals surface area contributed by atoms with E-state index in [4.69, 9.17) is 12.2 Å².